The maximum absolute atomic E-state index is 14.3. The van der Waals surface area contributed by atoms with Gasteiger partial charge in [0.25, 0.3) is 5.56 Å². The van der Waals surface area contributed by atoms with Gasteiger partial charge in [0.15, 0.2) is 11.2 Å². The van der Waals surface area contributed by atoms with E-state index in [0.29, 0.717) is 24.7 Å². The Bertz CT molecular complexity index is 2030. The van der Waals surface area contributed by atoms with Crippen LogP contribution in [0.2, 0.25) is 0 Å². The Kier molecular flexibility index (Phi) is 7.22. The number of nitrogens with zero attached hydrogens (tertiary/aromatic N) is 6. The largest absolute Gasteiger partial charge is 0.468 e. The van der Waals surface area contributed by atoms with E-state index < -0.39 is 23.8 Å². The molecule has 11 nitrogen and oxygen atoms in total. The van der Waals surface area contributed by atoms with E-state index in [9.17, 15) is 14.4 Å². The summed E-state index contributed by atoms with van der Waals surface area (Å²) >= 11 is 0. The second-order valence-corrected chi connectivity index (χ2v) is 10.4. The van der Waals surface area contributed by atoms with Gasteiger partial charge in [0, 0.05) is 29.9 Å². The molecule has 42 heavy (non-hydrogen) atoms. The predicted octanol–water partition coefficient (Wildman–Crippen LogP) is 2.23. The second kappa shape index (κ2) is 11.1. The number of hydrogen-bond acceptors (Lipinski definition) is 8. The molecule has 3 aromatic heterocycles. The molecule has 1 aliphatic heterocycles. The van der Waals surface area contributed by atoms with Crippen LogP contribution in [0, 0.1) is 11.8 Å². The monoisotopic (exact) mass is 565 g/mol. The minimum absolute atomic E-state index is 0.0505. The molecule has 11 heteroatoms. The van der Waals surface area contributed by atoms with Crippen molar-refractivity contribution in [2.75, 3.05) is 25.1 Å². The lowest BCUT2D eigenvalue weighted by Crippen LogP contribution is -2.44. The molecular weight excluding hydrogens is 534 g/mol. The molecule has 1 unspecified atom stereocenters. The van der Waals surface area contributed by atoms with Crippen molar-refractivity contribution in [2.24, 2.45) is 5.73 Å². The first-order valence-electron chi connectivity index (χ1n) is 13.9. The summed E-state index contributed by atoms with van der Waals surface area (Å²) < 4.78 is 8.95. The van der Waals surface area contributed by atoms with Gasteiger partial charge in [-0.25, -0.2) is 4.79 Å². The van der Waals surface area contributed by atoms with Gasteiger partial charge in [0.2, 0.25) is 5.95 Å². The average molecular weight is 566 g/mol. The van der Waals surface area contributed by atoms with E-state index in [1.807, 2.05) is 53.4 Å². The number of anilines is 1. The van der Waals surface area contributed by atoms with Crippen molar-refractivity contribution < 1.29 is 9.53 Å². The molecule has 5 aromatic rings. The molecule has 0 saturated carbocycles. The maximum atomic E-state index is 14.3. The Balaban J connectivity index is 1.62. The molecule has 0 spiro atoms. The molecule has 6 rings (SSSR count). The SMILES string of the molecule is CC#CCn1c(N2CCCC(N)C2)nc2c1c(=O)n(Cc1nc3ccccc3c3ccccc13)c(=O)n2CC(=O)OC. The van der Waals surface area contributed by atoms with E-state index in [2.05, 4.69) is 11.8 Å². The van der Waals surface area contributed by atoms with Gasteiger partial charge in [-0.2, -0.15) is 4.98 Å². The number of pyridine rings is 1. The molecule has 1 saturated heterocycles. The topological polar surface area (TPSA) is 130 Å². The second-order valence-electron chi connectivity index (χ2n) is 10.4. The van der Waals surface area contributed by atoms with Crippen LogP contribution in [0.4, 0.5) is 5.95 Å². The summed E-state index contributed by atoms with van der Waals surface area (Å²) in [6, 6.07) is 15.5. The van der Waals surface area contributed by atoms with Crippen LogP contribution in [0.15, 0.2) is 58.1 Å². The first-order chi connectivity index (χ1) is 20.4. The normalized spacial score (nSPS) is 15.2. The number of esters is 1. The van der Waals surface area contributed by atoms with Gasteiger partial charge in [-0.3, -0.25) is 28.3 Å². The van der Waals surface area contributed by atoms with E-state index in [1.165, 1.54) is 11.7 Å². The van der Waals surface area contributed by atoms with Crippen LogP contribution in [-0.4, -0.2) is 55.9 Å². The maximum Gasteiger partial charge on any atom is 0.333 e. The number of hydrogen-bond donors (Lipinski definition) is 1. The molecule has 214 valence electrons. The Morgan fingerprint density at radius 2 is 1.76 bits per heavy atom. The smallest absolute Gasteiger partial charge is 0.333 e. The van der Waals surface area contributed by atoms with E-state index in [0.717, 1.165) is 39.1 Å². The summed E-state index contributed by atoms with van der Waals surface area (Å²) in [6.07, 6.45) is 1.75. The lowest BCUT2D eigenvalue weighted by atomic mass is 10.0. The summed E-state index contributed by atoms with van der Waals surface area (Å²) in [5.41, 5.74) is 6.67. The van der Waals surface area contributed by atoms with Crippen molar-refractivity contribution in [1.29, 1.82) is 0 Å². The molecule has 0 aliphatic carbocycles. The highest BCUT2D eigenvalue weighted by molar-refractivity contribution is 6.06. The molecular formula is C31H31N7O4. The van der Waals surface area contributed by atoms with E-state index in [1.54, 1.807) is 11.5 Å². The third-order valence-corrected chi connectivity index (χ3v) is 7.76. The van der Waals surface area contributed by atoms with Gasteiger partial charge in [-0.05, 0) is 31.2 Å². The summed E-state index contributed by atoms with van der Waals surface area (Å²) in [6.45, 7) is 2.63. The molecule has 1 aliphatic rings. The third kappa shape index (κ3) is 4.69. The van der Waals surface area contributed by atoms with Crippen LogP contribution in [-0.2, 0) is 29.2 Å². The number of aromatic nitrogens is 5. The highest BCUT2D eigenvalue weighted by Crippen LogP contribution is 2.27. The molecule has 0 bridgehead atoms. The molecule has 0 amide bonds. The van der Waals surface area contributed by atoms with Crippen LogP contribution in [0.25, 0.3) is 32.8 Å². The van der Waals surface area contributed by atoms with Gasteiger partial charge in [-0.1, -0.05) is 48.4 Å². The van der Waals surface area contributed by atoms with Crippen molar-refractivity contribution in [1.82, 2.24) is 23.7 Å². The standard InChI is InChI=1S/C31H31N7O4/c1-3-4-16-36-27-28(34-30(36)35-15-9-10-20(32)17-35)37(19-26(39)42-2)31(41)38(29(27)40)18-25-23-13-6-5-11-21(23)22-12-7-8-14-24(22)33-25/h5-8,11-14,20H,9-10,15-19,32H2,1-2H3. The van der Waals surface area contributed by atoms with Crippen molar-refractivity contribution in [3.63, 3.8) is 0 Å². The minimum Gasteiger partial charge on any atom is -0.468 e. The number of methoxy groups -OCH3 is 1. The van der Waals surface area contributed by atoms with Crippen LogP contribution in [0.5, 0.6) is 0 Å². The lowest BCUT2D eigenvalue weighted by molar-refractivity contribution is -0.141. The summed E-state index contributed by atoms with van der Waals surface area (Å²) in [5.74, 6) is 5.77. The van der Waals surface area contributed by atoms with Crippen molar-refractivity contribution in [3.8, 4) is 11.8 Å². The number of imidazole rings is 1. The number of para-hydroxylation sites is 1. The first-order valence-corrected chi connectivity index (χ1v) is 13.9. The fourth-order valence-electron chi connectivity index (χ4n) is 5.74. The summed E-state index contributed by atoms with van der Waals surface area (Å²) in [5, 5.41) is 2.77. The number of fused-ring (bicyclic) bond motifs is 4. The quantitative estimate of drug-likeness (QED) is 0.189. The number of carbonyl (C=O) groups is 1. The highest BCUT2D eigenvalue weighted by atomic mass is 16.5. The summed E-state index contributed by atoms with van der Waals surface area (Å²) in [7, 11) is 1.25. The Morgan fingerprint density at radius 1 is 1.02 bits per heavy atom. The molecule has 0 radical (unpaired) electrons. The highest BCUT2D eigenvalue weighted by Gasteiger charge is 2.28. The van der Waals surface area contributed by atoms with Gasteiger partial charge < -0.3 is 15.4 Å². The third-order valence-electron chi connectivity index (χ3n) is 7.76. The zero-order chi connectivity index (χ0) is 29.4. The zero-order valence-corrected chi connectivity index (χ0v) is 23.5. The van der Waals surface area contributed by atoms with Crippen molar-refractivity contribution in [2.45, 2.75) is 45.4 Å². The lowest BCUT2D eigenvalue weighted by Gasteiger charge is -2.31. The zero-order valence-electron chi connectivity index (χ0n) is 23.5. The first kappa shape index (κ1) is 27.2. The fourth-order valence-corrected chi connectivity index (χ4v) is 5.74. The van der Waals surface area contributed by atoms with E-state index in [-0.39, 0.29) is 30.3 Å². The number of rotatable bonds is 6. The van der Waals surface area contributed by atoms with E-state index >= 15 is 0 Å². The van der Waals surface area contributed by atoms with Crippen LogP contribution < -0.4 is 21.9 Å². The molecule has 1 atom stereocenters. The number of benzene rings is 2. The molecule has 4 heterocycles. The number of piperidine rings is 1. The molecule has 1 fully saturated rings. The van der Waals surface area contributed by atoms with Crippen molar-refractivity contribution >= 4 is 44.8 Å². The Morgan fingerprint density at radius 3 is 2.50 bits per heavy atom. The molecule has 2 N–H and O–H groups in total. The number of nitrogens with two attached hydrogens (primary N) is 1. The average Bonchev–Trinajstić information content (AvgIpc) is 3.39. The van der Waals surface area contributed by atoms with Gasteiger partial charge in [0.1, 0.15) is 6.54 Å². The molecule has 2 aromatic carbocycles. The fraction of sp³-hybridized carbons (Fsp3) is 0.323. The van der Waals surface area contributed by atoms with E-state index in [4.69, 9.17) is 20.4 Å². The Labute approximate surface area is 241 Å². The summed E-state index contributed by atoms with van der Waals surface area (Å²) in [4.78, 5) is 52.4. The predicted molar refractivity (Wildman–Crippen MR) is 161 cm³/mol. The van der Waals surface area contributed by atoms with Gasteiger partial charge in [0.05, 0.1) is 31.4 Å². The number of carbonyl (C=O) groups excluding carboxylic acids is 1. The van der Waals surface area contributed by atoms with Crippen molar-refractivity contribution in [3.05, 3.63) is 75.1 Å². The van der Waals surface area contributed by atoms with Crippen LogP contribution in [0.1, 0.15) is 25.5 Å². The van der Waals surface area contributed by atoms with Crippen LogP contribution in [0.3, 0.4) is 0 Å². The van der Waals surface area contributed by atoms with Gasteiger partial charge in [-0.15, -0.1) is 5.92 Å². The minimum atomic E-state index is -0.676. The Hall–Kier alpha value is -4.95. The van der Waals surface area contributed by atoms with Crippen LogP contribution >= 0.6 is 0 Å². The van der Waals surface area contributed by atoms with Gasteiger partial charge >= 0.3 is 11.7 Å². The number of ether oxygens (including phenoxy) is 1.